The standard InChI is InChI=1S/C32H39ClN6O7.ClH/c33-29-31(35)38-30(34)28(37-29)32(44)36-23-6-3-17-39(18-23,15-1-4-21-7-11-24(12-8-21)45-19-26(40)41)16-2-5-22-9-13-25(14-10-22)46-20-27(42)43;/h7-14,23H,1-6,15-20H2,(H6-,34,35,36,38,40,41,42,43,44);1H/t23-;/m0./s1. The van der Waals surface area contributed by atoms with Gasteiger partial charge < -0.3 is 53.4 Å². The number of aliphatic carboxylic acids is 2. The maximum absolute atomic E-state index is 13.1. The van der Waals surface area contributed by atoms with Crippen LogP contribution in [0.25, 0.3) is 0 Å². The van der Waals surface area contributed by atoms with Crippen LogP contribution >= 0.6 is 11.6 Å². The molecule has 0 saturated carbocycles. The Balaban J connectivity index is 0.00000600. The lowest BCUT2D eigenvalue weighted by Gasteiger charge is -2.45. The van der Waals surface area contributed by atoms with Gasteiger partial charge in [-0.3, -0.25) is 4.79 Å². The molecule has 1 fully saturated rings. The average Bonchev–Trinajstić information content (AvgIpc) is 3.02. The molecule has 3 aromatic rings. The molecule has 2 heterocycles. The second-order valence-electron chi connectivity index (χ2n) is 11.5. The number of amides is 1. The second-order valence-corrected chi connectivity index (χ2v) is 11.9. The SMILES string of the molecule is Nc1nc(N)c(C(=O)N[C@H]2CCC[N+](CCCc3ccc(OCC(=O)O)cc3)(CCCc3ccc(OCC(=O)O)cc3)C2)nc1Cl.[Cl-]. The Morgan fingerprint density at radius 3 is 1.85 bits per heavy atom. The molecule has 0 bridgehead atoms. The van der Waals surface area contributed by atoms with Gasteiger partial charge in [-0.2, -0.15) is 0 Å². The Morgan fingerprint density at radius 1 is 0.851 bits per heavy atom. The number of nitrogens with zero attached hydrogens (tertiary/aromatic N) is 3. The van der Waals surface area contributed by atoms with Crippen LogP contribution < -0.4 is 38.7 Å². The molecular formula is C32H40Cl2N6O7. The summed E-state index contributed by atoms with van der Waals surface area (Å²) in [5, 5.41) is 20.7. The van der Waals surface area contributed by atoms with E-state index in [1.165, 1.54) is 0 Å². The minimum atomic E-state index is -1.02. The summed E-state index contributed by atoms with van der Waals surface area (Å²) < 4.78 is 11.3. The molecule has 0 unspecified atom stereocenters. The largest absolute Gasteiger partial charge is 1.00 e. The van der Waals surface area contributed by atoms with Gasteiger partial charge in [-0.25, -0.2) is 19.6 Å². The summed E-state index contributed by atoms with van der Waals surface area (Å²) in [6.07, 6.45) is 5.25. The zero-order valence-corrected chi connectivity index (χ0v) is 27.4. The summed E-state index contributed by atoms with van der Waals surface area (Å²) in [5.74, 6) is -1.57. The number of likely N-dealkylation sites (tertiary alicyclic amines) is 1. The van der Waals surface area contributed by atoms with Crippen LogP contribution in [0.15, 0.2) is 48.5 Å². The van der Waals surface area contributed by atoms with Crippen LogP contribution in [0.3, 0.4) is 0 Å². The number of hydrogen-bond donors (Lipinski definition) is 5. The highest BCUT2D eigenvalue weighted by molar-refractivity contribution is 6.31. The van der Waals surface area contributed by atoms with Crippen molar-refractivity contribution >= 4 is 41.1 Å². The molecule has 7 N–H and O–H groups in total. The number of carboxylic acids is 2. The minimum absolute atomic E-state index is 0. The molecule has 1 atom stereocenters. The lowest BCUT2D eigenvalue weighted by molar-refractivity contribution is -0.933. The van der Waals surface area contributed by atoms with Crippen molar-refractivity contribution in [2.24, 2.45) is 0 Å². The Kier molecular flexibility index (Phi) is 13.9. The average molecular weight is 692 g/mol. The highest BCUT2D eigenvalue weighted by Gasteiger charge is 2.35. The number of carboxylic acid groups (broad SMARTS) is 2. The maximum Gasteiger partial charge on any atom is 0.341 e. The number of benzene rings is 2. The first-order valence-electron chi connectivity index (χ1n) is 15.1. The second kappa shape index (κ2) is 17.5. The summed E-state index contributed by atoms with van der Waals surface area (Å²) in [6, 6.07) is 14.8. The van der Waals surface area contributed by atoms with Crippen LogP contribution in [0.2, 0.25) is 5.15 Å². The number of nitrogen functional groups attached to an aromatic ring is 2. The monoisotopic (exact) mass is 690 g/mol. The van der Waals surface area contributed by atoms with Crippen molar-refractivity contribution in [3.8, 4) is 11.5 Å². The normalized spacial score (nSPS) is 15.2. The number of nitrogens with two attached hydrogens (primary N) is 2. The van der Waals surface area contributed by atoms with Gasteiger partial charge in [0.1, 0.15) is 11.5 Å². The van der Waals surface area contributed by atoms with Crippen molar-refractivity contribution in [3.63, 3.8) is 0 Å². The predicted octanol–water partition coefficient (Wildman–Crippen LogP) is 0.200. The van der Waals surface area contributed by atoms with Crippen LogP contribution in [0.1, 0.15) is 47.3 Å². The fraction of sp³-hybridized carbons (Fsp3) is 0.406. The maximum atomic E-state index is 13.1. The smallest absolute Gasteiger partial charge is 0.341 e. The van der Waals surface area contributed by atoms with E-state index in [0.29, 0.717) is 11.5 Å². The molecule has 1 aromatic heterocycles. The Morgan fingerprint density at radius 2 is 1.36 bits per heavy atom. The van der Waals surface area contributed by atoms with Gasteiger partial charge in [0.05, 0.1) is 32.2 Å². The first-order valence-corrected chi connectivity index (χ1v) is 15.5. The van der Waals surface area contributed by atoms with E-state index in [-0.39, 0.29) is 54.1 Å². The number of halogens is 2. The molecule has 1 saturated heterocycles. The van der Waals surface area contributed by atoms with Crippen LogP contribution in [-0.2, 0) is 22.4 Å². The van der Waals surface area contributed by atoms with Gasteiger partial charge in [-0.15, -0.1) is 0 Å². The molecule has 15 heteroatoms. The number of rotatable bonds is 16. The van der Waals surface area contributed by atoms with Crippen molar-refractivity contribution < 1.29 is 51.0 Å². The third-order valence-electron chi connectivity index (χ3n) is 8.02. The number of carbonyl (C=O) groups excluding carboxylic acids is 1. The van der Waals surface area contributed by atoms with Gasteiger partial charge >= 0.3 is 11.9 Å². The number of nitrogens with one attached hydrogen (secondary N) is 1. The zero-order chi connectivity index (χ0) is 33.1. The van der Waals surface area contributed by atoms with Crippen molar-refractivity contribution in [2.75, 3.05) is 50.9 Å². The molecule has 2 aromatic carbocycles. The lowest BCUT2D eigenvalue weighted by atomic mass is 9.99. The van der Waals surface area contributed by atoms with Crippen molar-refractivity contribution in [1.29, 1.82) is 0 Å². The number of anilines is 2. The van der Waals surface area contributed by atoms with Gasteiger partial charge in [-0.05, 0) is 61.1 Å². The minimum Gasteiger partial charge on any atom is -1.00 e. The number of aromatic nitrogens is 2. The first kappa shape index (κ1) is 37.1. The fourth-order valence-corrected chi connectivity index (χ4v) is 5.98. The fourth-order valence-electron chi connectivity index (χ4n) is 5.85. The molecule has 0 radical (unpaired) electrons. The van der Waals surface area contributed by atoms with E-state index in [4.69, 9.17) is 42.8 Å². The van der Waals surface area contributed by atoms with Gasteiger partial charge in [-0.1, -0.05) is 35.9 Å². The molecule has 1 aliphatic heterocycles. The predicted molar refractivity (Wildman–Crippen MR) is 172 cm³/mol. The molecule has 254 valence electrons. The summed E-state index contributed by atoms with van der Waals surface area (Å²) in [6.45, 7) is 2.76. The first-order chi connectivity index (χ1) is 22.0. The Bertz CT molecular complexity index is 1440. The van der Waals surface area contributed by atoms with Gasteiger partial charge in [0.25, 0.3) is 5.91 Å². The molecule has 47 heavy (non-hydrogen) atoms. The van der Waals surface area contributed by atoms with Gasteiger partial charge in [0, 0.05) is 12.8 Å². The van der Waals surface area contributed by atoms with Gasteiger partial charge in [0.2, 0.25) is 0 Å². The zero-order valence-electron chi connectivity index (χ0n) is 25.9. The van der Waals surface area contributed by atoms with E-state index in [9.17, 15) is 14.4 Å². The topological polar surface area (TPSA) is 200 Å². The number of quaternary nitrogens is 1. The molecule has 4 rings (SSSR count). The molecule has 1 aliphatic rings. The third kappa shape index (κ3) is 11.5. The number of piperidine rings is 1. The van der Waals surface area contributed by atoms with E-state index >= 15 is 0 Å². The van der Waals surface area contributed by atoms with E-state index in [2.05, 4.69) is 15.3 Å². The number of aryl methyl sites for hydroxylation is 2. The van der Waals surface area contributed by atoms with E-state index in [0.717, 1.165) is 80.3 Å². The van der Waals surface area contributed by atoms with E-state index < -0.39 is 17.8 Å². The molecule has 1 amide bonds. The van der Waals surface area contributed by atoms with Crippen molar-refractivity contribution in [1.82, 2.24) is 15.3 Å². The Hall–Kier alpha value is -4.33. The van der Waals surface area contributed by atoms with Crippen LogP contribution in [-0.4, -0.2) is 87.9 Å². The highest BCUT2D eigenvalue weighted by Crippen LogP contribution is 2.25. The summed E-state index contributed by atoms with van der Waals surface area (Å²) in [7, 11) is 0. The van der Waals surface area contributed by atoms with Crippen molar-refractivity contribution in [3.05, 3.63) is 70.5 Å². The number of carbonyl (C=O) groups is 3. The van der Waals surface area contributed by atoms with Crippen LogP contribution in [0.5, 0.6) is 11.5 Å². The van der Waals surface area contributed by atoms with Crippen LogP contribution in [0.4, 0.5) is 11.6 Å². The Labute approximate surface area is 284 Å². The van der Waals surface area contributed by atoms with Gasteiger partial charge in [0.15, 0.2) is 35.7 Å². The lowest BCUT2D eigenvalue weighted by Crippen LogP contribution is -3.00. The summed E-state index contributed by atoms with van der Waals surface area (Å²) >= 11 is 6.01. The van der Waals surface area contributed by atoms with Crippen LogP contribution in [0, 0.1) is 0 Å². The number of hydrogen-bond acceptors (Lipinski definition) is 9. The molecule has 0 spiro atoms. The van der Waals surface area contributed by atoms with E-state index in [1.807, 2.05) is 24.3 Å². The highest BCUT2D eigenvalue weighted by atomic mass is 35.5. The molecule has 0 aliphatic carbocycles. The number of ether oxygens (including phenoxy) is 2. The molecule has 13 nitrogen and oxygen atoms in total. The van der Waals surface area contributed by atoms with E-state index in [1.54, 1.807) is 24.3 Å². The molecular weight excluding hydrogens is 651 g/mol. The van der Waals surface area contributed by atoms with Crippen molar-refractivity contribution in [2.45, 2.75) is 44.6 Å². The quantitative estimate of drug-likeness (QED) is 0.129. The third-order valence-corrected chi connectivity index (χ3v) is 8.29. The summed E-state index contributed by atoms with van der Waals surface area (Å²) in [5.41, 5.74) is 13.8. The summed E-state index contributed by atoms with van der Waals surface area (Å²) in [4.78, 5) is 42.7.